The molecular formula is C18H18F2N2O4S. The van der Waals surface area contributed by atoms with Gasteiger partial charge in [0.1, 0.15) is 5.75 Å². The fraction of sp³-hybridized carbons (Fsp3) is 0.278. The molecule has 6 nitrogen and oxygen atoms in total. The average molecular weight is 396 g/mol. The number of rotatable bonds is 6. The van der Waals surface area contributed by atoms with Crippen LogP contribution in [-0.4, -0.2) is 32.3 Å². The van der Waals surface area contributed by atoms with Gasteiger partial charge >= 0.3 is 6.61 Å². The van der Waals surface area contributed by atoms with Gasteiger partial charge in [-0.05, 0) is 48.4 Å². The molecule has 0 spiro atoms. The lowest BCUT2D eigenvalue weighted by atomic mass is 10.0. The Hall–Kier alpha value is -2.52. The van der Waals surface area contributed by atoms with E-state index in [0.717, 1.165) is 4.31 Å². The number of alkyl halides is 2. The highest BCUT2D eigenvalue weighted by Gasteiger charge is 2.29. The minimum atomic E-state index is -3.79. The molecule has 0 aliphatic carbocycles. The third kappa shape index (κ3) is 3.93. The van der Waals surface area contributed by atoms with Gasteiger partial charge in [-0.3, -0.25) is 4.79 Å². The van der Waals surface area contributed by atoms with Gasteiger partial charge in [0, 0.05) is 19.3 Å². The zero-order chi connectivity index (χ0) is 19.8. The third-order valence-electron chi connectivity index (χ3n) is 4.40. The Morgan fingerprint density at radius 3 is 2.48 bits per heavy atom. The van der Waals surface area contributed by atoms with Crippen molar-refractivity contribution in [1.29, 1.82) is 0 Å². The summed E-state index contributed by atoms with van der Waals surface area (Å²) in [6.45, 7) is -1.15. The van der Waals surface area contributed by atoms with E-state index in [9.17, 15) is 22.0 Å². The molecule has 27 heavy (non-hydrogen) atoms. The molecule has 9 heteroatoms. The van der Waals surface area contributed by atoms with Crippen LogP contribution in [0.2, 0.25) is 0 Å². The van der Waals surface area contributed by atoms with E-state index in [2.05, 4.69) is 10.1 Å². The summed E-state index contributed by atoms with van der Waals surface area (Å²) in [6, 6.07) is 10.3. The predicted molar refractivity (Wildman–Crippen MR) is 95.2 cm³/mol. The summed E-state index contributed by atoms with van der Waals surface area (Å²) >= 11 is 0. The van der Waals surface area contributed by atoms with E-state index in [0.29, 0.717) is 16.8 Å². The number of nitrogens with one attached hydrogen (secondary N) is 1. The van der Waals surface area contributed by atoms with Gasteiger partial charge in [0.2, 0.25) is 15.9 Å². The Morgan fingerprint density at radius 2 is 1.85 bits per heavy atom. The lowest BCUT2D eigenvalue weighted by Gasteiger charge is -2.18. The second kappa shape index (κ2) is 7.24. The predicted octanol–water partition coefficient (Wildman–Crippen LogP) is 3.16. The van der Waals surface area contributed by atoms with Crippen LogP contribution in [0.3, 0.4) is 0 Å². The van der Waals surface area contributed by atoms with Crippen LogP contribution >= 0.6 is 0 Å². The van der Waals surface area contributed by atoms with E-state index < -0.39 is 22.6 Å². The Bertz CT molecular complexity index is 962. The van der Waals surface area contributed by atoms with Crippen LogP contribution in [-0.2, 0) is 21.4 Å². The smallest absolute Gasteiger partial charge is 0.387 e. The quantitative estimate of drug-likeness (QED) is 0.814. The molecule has 0 unspecified atom stereocenters. The third-order valence-corrected chi connectivity index (χ3v) is 6.20. The number of hydrogen-bond donors (Lipinski definition) is 1. The van der Waals surface area contributed by atoms with Crippen molar-refractivity contribution in [3.05, 3.63) is 53.6 Å². The van der Waals surface area contributed by atoms with Crippen LogP contribution in [0.1, 0.15) is 24.0 Å². The van der Waals surface area contributed by atoms with Gasteiger partial charge in [-0.2, -0.15) is 13.1 Å². The summed E-state index contributed by atoms with van der Waals surface area (Å²) in [5.74, 6) is -0.578. The maximum absolute atomic E-state index is 12.8. The van der Waals surface area contributed by atoms with Crippen LogP contribution < -0.4 is 10.1 Å². The molecule has 0 saturated carbocycles. The zero-order valence-corrected chi connectivity index (χ0v) is 15.5. The molecule has 1 aliphatic heterocycles. The number of carbonyl (C=O) groups is 1. The number of hydrogen-bond acceptors (Lipinski definition) is 4. The van der Waals surface area contributed by atoms with E-state index >= 15 is 0 Å². The second-order valence-corrected chi connectivity index (χ2v) is 8.29. The fourth-order valence-electron chi connectivity index (χ4n) is 2.85. The Morgan fingerprint density at radius 1 is 1.19 bits per heavy atom. The van der Waals surface area contributed by atoms with Crippen molar-refractivity contribution < 1.29 is 26.7 Å². The number of halogens is 2. The van der Waals surface area contributed by atoms with E-state index in [1.165, 1.54) is 43.4 Å². The van der Waals surface area contributed by atoms with Gasteiger partial charge in [-0.25, -0.2) is 8.42 Å². The van der Waals surface area contributed by atoms with Gasteiger partial charge in [-0.1, -0.05) is 12.1 Å². The zero-order valence-electron chi connectivity index (χ0n) is 14.6. The van der Waals surface area contributed by atoms with Crippen LogP contribution in [0.15, 0.2) is 47.4 Å². The Labute approximate surface area is 155 Å². The first-order valence-electron chi connectivity index (χ1n) is 8.13. The number of amides is 1. The van der Waals surface area contributed by atoms with Crippen molar-refractivity contribution in [3.63, 3.8) is 0 Å². The summed E-state index contributed by atoms with van der Waals surface area (Å²) < 4.78 is 55.5. The van der Waals surface area contributed by atoms with Gasteiger partial charge in [0.25, 0.3) is 0 Å². The summed E-state index contributed by atoms with van der Waals surface area (Å²) in [6.07, 6.45) is 0. The number of anilines is 1. The molecular weight excluding hydrogens is 378 g/mol. The molecule has 2 aromatic carbocycles. The molecule has 1 N–H and O–H groups in total. The maximum atomic E-state index is 12.8. The average Bonchev–Trinajstić information content (AvgIpc) is 2.90. The van der Waals surface area contributed by atoms with Gasteiger partial charge in [-0.15, -0.1) is 0 Å². The number of nitrogens with zero attached hydrogens (tertiary/aromatic N) is 1. The molecule has 1 heterocycles. The van der Waals surface area contributed by atoms with Crippen LogP contribution in [0.5, 0.6) is 5.75 Å². The largest absolute Gasteiger partial charge is 0.435 e. The highest BCUT2D eigenvalue weighted by Crippen LogP contribution is 2.34. The van der Waals surface area contributed by atoms with Crippen molar-refractivity contribution in [2.45, 2.75) is 30.9 Å². The number of ether oxygens (including phenoxy) is 1. The van der Waals surface area contributed by atoms with Crippen molar-refractivity contribution in [3.8, 4) is 5.75 Å². The molecule has 1 amide bonds. The highest BCUT2D eigenvalue weighted by molar-refractivity contribution is 7.89. The lowest BCUT2D eigenvalue weighted by Crippen LogP contribution is -2.26. The Kier molecular flexibility index (Phi) is 5.16. The van der Waals surface area contributed by atoms with E-state index in [1.807, 2.05) is 0 Å². The standard InChI is InChI=1S/C18H18F2N2O4S/c1-11-15-9-14(7-8-16(15)21-17(11)23)27(24,25)22(2)10-12-3-5-13(6-4-12)26-18(19)20/h3-9,11,18H,10H2,1-2H3,(H,21,23)/t11-/m0/s1. The Balaban J connectivity index is 1.78. The van der Waals surface area contributed by atoms with Crippen LogP contribution in [0, 0.1) is 0 Å². The first-order chi connectivity index (χ1) is 12.7. The summed E-state index contributed by atoms with van der Waals surface area (Å²) in [4.78, 5) is 11.8. The molecule has 0 fully saturated rings. The summed E-state index contributed by atoms with van der Waals surface area (Å²) in [7, 11) is -2.36. The van der Waals surface area contributed by atoms with E-state index in [1.54, 1.807) is 13.0 Å². The topological polar surface area (TPSA) is 75.7 Å². The molecule has 0 radical (unpaired) electrons. The molecule has 0 bridgehead atoms. The summed E-state index contributed by atoms with van der Waals surface area (Å²) in [5, 5.41) is 2.70. The van der Waals surface area contributed by atoms with Gasteiger partial charge < -0.3 is 10.1 Å². The minimum absolute atomic E-state index is 0.00374. The van der Waals surface area contributed by atoms with Crippen LogP contribution in [0.4, 0.5) is 14.5 Å². The van der Waals surface area contributed by atoms with Gasteiger partial charge in [0.05, 0.1) is 10.8 Å². The van der Waals surface area contributed by atoms with Crippen molar-refractivity contribution in [2.75, 3.05) is 12.4 Å². The number of benzene rings is 2. The van der Waals surface area contributed by atoms with E-state index in [-0.39, 0.29) is 23.1 Å². The molecule has 2 aromatic rings. The molecule has 1 atom stereocenters. The van der Waals surface area contributed by atoms with Crippen molar-refractivity contribution in [2.24, 2.45) is 0 Å². The van der Waals surface area contributed by atoms with Crippen LogP contribution in [0.25, 0.3) is 0 Å². The fourth-order valence-corrected chi connectivity index (χ4v) is 4.05. The first-order valence-corrected chi connectivity index (χ1v) is 9.57. The van der Waals surface area contributed by atoms with Crippen molar-refractivity contribution >= 4 is 21.6 Å². The number of sulfonamides is 1. The van der Waals surface area contributed by atoms with E-state index in [4.69, 9.17) is 0 Å². The normalized spacial score (nSPS) is 16.5. The minimum Gasteiger partial charge on any atom is -0.435 e. The second-order valence-electron chi connectivity index (χ2n) is 6.24. The molecule has 144 valence electrons. The monoisotopic (exact) mass is 396 g/mol. The van der Waals surface area contributed by atoms with Crippen molar-refractivity contribution in [1.82, 2.24) is 4.31 Å². The molecule has 3 rings (SSSR count). The maximum Gasteiger partial charge on any atom is 0.387 e. The molecule has 0 aromatic heterocycles. The molecule has 0 saturated heterocycles. The molecule has 1 aliphatic rings. The SMILES string of the molecule is C[C@@H]1C(=O)Nc2ccc(S(=O)(=O)N(C)Cc3ccc(OC(F)F)cc3)cc21. The summed E-state index contributed by atoms with van der Waals surface area (Å²) in [5.41, 5.74) is 1.88. The first kappa shape index (κ1) is 19.2. The lowest BCUT2D eigenvalue weighted by molar-refractivity contribution is -0.116. The number of fused-ring (bicyclic) bond motifs is 1. The number of carbonyl (C=O) groups excluding carboxylic acids is 1. The highest BCUT2D eigenvalue weighted by atomic mass is 32.2. The van der Waals surface area contributed by atoms with Gasteiger partial charge in [0.15, 0.2) is 0 Å².